The lowest BCUT2D eigenvalue weighted by Crippen LogP contribution is -2.21. The summed E-state index contributed by atoms with van der Waals surface area (Å²) in [6.45, 7) is 1.67. The first-order valence-corrected chi connectivity index (χ1v) is 8.02. The van der Waals surface area contributed by atoms with Crippen LogP contribution in [0, 0.1) is 0 Å². The predicted molar refractivity (Wildman–Crippen MR) is 97.1 cm³/mol. The lowest BCUT2D eigenvalue weighted by atomic mass is 10.1. The summed E-state index contributed by atoms with van der Waals surface area (Å²) in [5.41, 5.74) is 2.62. The van der Waals surface area contributed by atoms with Gasteiger partial charge in [-0.05, 0) is 26.2 Å². The number of aromatic nitrogens is 4. The fourth-order valence-electron chi connectivity index (χ4n) is 2.27. The van der Waals surface area contributed by atoms with Gasteiger partial charge in [0.15, 0.2) is 0 Å². The van der Waals surface area contributed by atoms with E-state index in [1.54, 1.807) is 18.6 Å². The summed E-state index contributed by atoms with van der Waals surface area (Å²) < 4.78 is 0. The van der Waals surface area contributed by atoms with Crippen molar-refractivity contribution >= 4 is 17.5 Å². The van der Waals surface area contributed by atoms with E-state index in [9.17, 15) is 0 Å². The average Bonchev–Trinajstić information content (AvgIpc) is 3.09. The molecule has 0 aliphatic carbocycles. The van der Waals surface area contributed by atoms with E-state index in [1.807, 2.05) is 38.4 Å². The van der Waals surface area contributed by atoms with Crippen LogP contribution in [0.25, 0.3) is 22.6 Å². The van der Waals surface area contributed by atoms with Crippen LogP contribution < -0.4 is 5.32 Å². The largest absolute Gasteiger partial charge is 0.353 e. The summed E-state index contributed by atoms with van der Waals surface area (Å²) in [6.07, 6.45) is 5.28. The van der Waals surface area contributed by atoms with Gasteiger partial charge in [0.2, 0.25) is 5.95 Å². The molecule has 6 nitrogen and oxygen atoms in total. The Balaban J connectivity index is 1.96. The molecule has 24 heavy (non-hydrogen) atoms. The number of nitrogens with one attached hydrogen (secondary N) is 2. The van der Waals surface area contributed by atoms with E-state index >= 15 is 0 Å². The van der Waals surface area contributed by atoms with E-state index in [-0.39, 0.29) is 0 Å². The van der Waals surface area contributed by atoms with Crippen molar-refractivity contribution in [3.8, 4) is 22.6 Å². The minimum atomic E-state index is 0.595. The van der Waals surface area contributed by atoms with Crippen molar-refractivity contribution in [3.05, 3.63) is 47.9 Å². The van der Waals surface area contributed by atoms with Gasteiger partial charge >= 0.3 is 0 Å². The van der Waals surface area contributed by atoms with Gasteiger partial charge in [-0.2, -0.15) is 0 Å². The number of likely N-dealkylation sites (N-methyl/N-ethyl adjacent to an activating group) is 1. The van der Waals surface area contributed by atoms with Crippen LogP contribution in [0.1, 0.15) is 0 Å². The zero-order chi connectivity index (χ0) is 16.9. The molecule has 0 saturated carbocycles. The summed E-state index contributed by atoms with van der Waals surface area (Å²) in [4.78, 5) is 18.6. The van der Waals surface area contributed by atoms with Crippen LogP contribution in [0.4, 0.5) is 5.95 Å². The molecular formula is C17H19ClN6. The molecule has 0 spiro atoms. The quantitative estimate of drug-likeness (QED) is 0.720. The molecule has 2 aromatic heterocycles. The van der Waals surface area contributed by atoms with Gasteiger partial charge in [0.05, 0.1) is 11.3 Å². The molecule has 2 N–H and O–H groups in total. The third-order valence-electron chi connectivity index (χ3n) is 3.50. The molecule has 1 aromatic carbocycles. The average molecular weight is 343 g/mol. The highest BCUT2D eigenvalue weighted by atomic mass is 35.5. The lowest BCUT2D eigenvalue weighted by Gasteiger charge is -2.12. The number of benzene rings is 1. The van der Waals surface area contributed by atoms with Gasteiger partial charge in [0.25, 0.3) is 0 Å². The fourth-order valence-corrected chi connectivity index (χ4v) is 2.40. The zero-order valence-corrected chi connectivity index (χ0v) is 14.4. The fraction of sp³-hybridized carbons (Fsp3) is 0.235. The van der Waals surface area contributed by atoms with Crippen LogP contribution in [0.15, 0.2) is 42.9 Å². The number of rotatable bonds is 6. The molecule has 0 bridgehead atoms. The second kappa shape index (κ2) is 7.42. The Hall–Kier alpha value is -2.44. The highest BCUT2D eigenvalue weighted by molar-refractivity contribution is 6.30. The topological polar surface area (TPSA) is 69.7 Å². The molecule has 0 aliphatic rings. The van der Waals surface area contributed by atoms with Crippen LogP contribution in [-0.2, 0) is 0 Å². The van der Waals surface area contributed by atoms with Gasteiger partial charge < -0.3 is 15.2 Å². The smallest absolute Gasteiger partial charge is 0.223 e. The normalized spacial score (nSPS) is 11.0. The Labute approximate surface area is 145 Å². The van der Waals surface area contributed by atoms with E-state index in [4.69, 9.17) is 11.6 Å². The maximum Gasteiger partial charge on any atom is 0.223 e. The van der Waals surface area contributed by atoms with Gasteiger partial charge in [-0.15, -0.1) is 0 Å². The number of aromatic amines is 1. The van der Waals surface area contributed by atoms with Crippen LogP contribution in [0.5, 0.6) is 0 Å². The molecule has 124 valence electrons. The molecular weight excluding hydrogens is 324 g/mol. The number of H-pyrrole nitrogens is 1. The van der Waals surface area contributed by atoms with E-state index in [2.05, 4.69) is 30.2 Å². The van der Waals surface area contributed by atoms with E-state index in [1.165, 1.54) is 0 Å². The number of hydrogen-bond acceptors (Lipinski definition) is 5. The second-order valence-corrected chi connectivity index (χ2v) is 6.07. The molecule has 0 amide bonds. The number of halogens is 1. The SMILES string of the molecule is CN(C)CCNc1ncc(-c2ncc[nH]2)c(-c2ccc(Cl)cc2)n1. The molecule has 0 radical (unpaired) electrons. The highest BCUT2D eigenvalue weighted by Crippen LogP contribution is 2.29. The maximum atomic E-state index is 6.00. The zero-order valence-electron chi connectivity index (χ0n) is 13.6. The predicted octanol–water partition coefficient (Wildman–Crippen LogP) is 3.16. The van der Waals surface area contributed by atoms with Crippen molar-refractivity contribution in [1.29, 1.82) is 0 Å². The summed E-state index contributed by atoms with van der Waals surface area (Å²) in [6, 6.07) is 7.59. The second-order valence-electron chi connectivity index (χ2n) is 5.63. The Morgan fingerprint density at radius 2 is 1.96 bits per heavy atom. The van der Waals surface area contributed by atoms with Crippen molar-refractivity contribution in [2.45, 2.75) is 0 Å². The summed E-state index contributed by atoms with van der Waals surface area (Å²) in [5.74, 6) is 1.33. The molecule has 0 unspecified atom stereocenters. The highest BCUT2D eigenvalue weighted by Gasteiger charge is 2.13. The Bertz CT molecular complexity index is 783. The third kappa shape index (κ3) is 3.90. The van der Waals surface area contributed by atoms with Crippen molar-refractivity contribution in [2.75, 3.05) is 32.5 Å². The Morgan fingerprint density at radius 3 is 2.62 bits per heavy atom. The molecule has 3 rings (SSSR count). The summed E-state index contributed by atoms with van der Waals surface area (Å²) in [7, 11) is 4.06. The van der Waals surface area contributed by atoms with Crippen molar-refractivity contribution < 1.29 is 0 Å². The maximum absolute atomic E-state index is 6.00. The van der Waals surface area contributed by atoms with Gasteiger partial charge in [-0.25, -0.2) is 15.0 Å². The molecule has 0 fully saturated rings. The monoisotopic (exact) mass is 342 g/mol. The Kier molecular flexibility index (Phi) is 5.08. The van der Waals surface area contributed by atoms with Crippen LogP contribution in [-0.4, -0.2) is 52.0 Å². The molecule has 7 heteroatoms. The summed E-state index contributed by atoms with van der Waals surface area (Å²) >= 11 is 6.00. The van der Waals surface area contributed by atoms with E-state index in [0.29, 0.717) is 11.0 Å². The van der Waals surface area contributed by atoms with Gasteiger partial charge in [-0.1, -0.05) is 23.7 Å². The lowest BCUT2D eigenvalue weighted by molar-refractivity contribution is 0.425. The van der Waals surface area contributed by atoms with Crippen molar-refractivity contribution in [3.63, 3.8) is 0 Å². The van der Waals surface area contributed by atoms with Crippen LogP contribution >= 0.6 is 11.6 Å². The first-order valence-electron chi connectivity index (χ1n) is 7.65. The molecule has 2 heterocycles. The molecule has 0 saturated heterocycles. The molecule has 3 aromatic rings. The van der Waals surface area contributed by atoms with Crippen LogP contribution in [0.2, 0.25) is 5.02 Å². The first-order chi connectivity index (χ1) is 11.6. The third-order valence-corrected chi connectivity index (χ3v) is 3.75. The molecule has 0 atom stereocenters. The minimum Gasteiger partial charge on any atom is -0.353 e. The van der Waals surface area contributed by atoms with Gasteiger partial charge in [0, 0.05) is 42.3 Å². The summed E-state index contributed by atoms with van der Waals surface area (Å²) in [5, 5.41) is 3.94. The molecule has 0 aliphatic heterocycles. The van der Waals surface area contributed by atoms with E-state index in [0.717, 1.165) is 35.7 Å². The van der Waals surface area contributed by atoms with Crippen molar-refractivity contribution in [2.24, 2.45) is 0 Å². The number of imidazole rings is 1. The number of anilines is 1. The van der Waals surface area contributed by atoms with E-state index < -0.39 is 0 Å². The number of hydrogen-bond donors (Lipinski definition) is 2. The Morgan fingerprint density at radius 1 is 1.17 bits per heavy atom. The standard InChI is InChI=1S/C17H19ClN6/c1-24(2)10-9-21-17-22-11-14(16-19-7-8-20-16)15(23-17)12-3-5-13(18)6-4-12/h3-8,11H,9-10H2,1-2H3,(H,19,20)(H,21,22,23). The van der Waals surface area contributed by atoms with Gasteiger partial charge in [0.1, 0.15) is 5.82 Å². The minimum absolute atomic E-state index is 0.595. The first kappa shape index (κ1) is 16.4. The van der Waals surface area contributed by atoms with Crippen LogP contribution in [0.3, 0.4) is 0 Å². The van der Waals surface area contributed by atoms with Crippen molar-refractivity contribution in [1.82, 2.24) is 24.8 Å². The number of nitrogens with zero attached hydrogens (tertiary/aromatic N) is 4. The van der Waals surface area contributed by atoms with Gasteiger partial charge in [-0.3, -0.25) is 0 Å².